The summed E-state index contributed by atoms with van der Waals surface area (Å²) in [5, 5.41) is 2.53. The van der Waals surface area contributed by atoms with Crippen LogP contribution in [-0.2, 0) is 25.6 Å². The molecular formula is C23H23IN2O9. The molecule has 1 N–H and O–H groups in total. The van der Waals surface area contributed by atoms with Gasteiger partial charge in [0.05, 0.1) is 30.9 Å². The normalized spacial score (nSPS) is 15.1. The largest absolute Gasteiger partial charge is 0.490 e. The average Bonchev–Trinajstić information content (AvgIpc) is 3.40. The van der Waals surface area contributed by atoms with E-state index in [0.29, 0.717) is 27.2 Å². The maximum Gasteiger partial charge on any atom is 0.373 e. The third-order valence-corrected chi connectivity index (χ3v) is 5.60. The third kappa shape index (κ3) is 5.93. The Hall–Kier alpha value is -3.55. The molecule has 0 bridgehead atoms. The first-order chi connectivity index (χ1) is 16.7. The number of hydrogen-bond donors (Lipinski definition) is 1. The summed E-state index contributed by atoms with van der Waals surface area (Å²) in [5.74, 6) is -0.849. The molecule has 2 aromatic rings. The SMILES string of the molecule is CCOc1cc(/C=C2\NC(=O)N(Cc3ccc(C(=O)OC)o3)C2=O)cc(I)c1O[C@H](C)C(=O)OC. The first-order valence-electron chi connectivity index (χ1n) is 10.4. The van der Waals surface area contributed by atoms with Crippen LogP contribution >= 0.6 is 22.6 Å². The summed E-state index contributed by atoms with van der Waals surface area (Å²) in [4.78, 5) is 49.6. The molecule has 3 rings (SSSR count). The van der Waals surface area contributed by atoms with Crippen LogP contribution in [0.15, 0.2) is 34.4 Å². The molecule has 2 heterocycles. The molecule has 1 fully saturated rings. The van der Waals surface area contributed by atoms with Gasteiger partial charge in [0.15, 0.2) is 17.6 Å². The first kappa shape index (κ1) is 26.1. The molecule has 11 nitrogen and oxygen atoms in total. The van der Waals surface area contributed by atoms with E-state index in [1.165, 1.54) is 32.4 Å². The zero-order valence-electron chi connectivity index (χ0n) is 19.4. The quantitative estimate of drug-likeness (QED) is 0.200. The van der Waals surface area contributed by atoms with Gasteiger partial charge in [0.2, 0.25) is 5.76 Å². The highest BCUT2D eigenvalue weighted by atomic mass is 127. The number of amides is 3. The smallest absolute Gasteiger partial charge is 0.373 e. The number of nitrogens with zero attached hydrogens (tertiary/aromatic N) is 1. The standard InChI is InChI=1S/C23H23IN2O9/c1-5-33-18-10-13(8-15(24)19(18)34-12(2)21(28)31-3)9-16-20(27)26(23(30)25-16)11-14-6-7-17(35-14)22(29)32-4/h6-10,12H,5,11H2,1-4H3,(H,25,30)/b16-9-/t12-/m1/s1. The fraction of sp³-hybridized carbons (Fsp3) is 0.304. The van der Waals surface area contributed by atoms with Gasteiger partial charge in [-0.2, -0.15) is 0 Å². The number of carbonyl (C=O) groups is 4. The molecule has 0 aliphatic carbocycles. The van der Waals surface area contributed by atoms with Crippen LogP contribution in [0.1, 0.15) is 35.7 Å². The predicted octanol–water partition coefficient (Wildman–Crippen LogP) is 3.10. The Morgan fingerprint density at radius 2 is 1.94 bits per heavy atom. The summed E-state index contributed by atoms with van der Waals surface area (Å²) >= 11 is 2.03. The zero-order valence-corrected chi connectivity index (χ0v) is 21.5. The molecule has 1 saturated heterocycles. The minimum absolute atomic E-state index is 0.0350. The summed E-state index contributed by atoms with van der Waals surface area (Å²) in [7, 11) is 2.49. The number of hydrogen-bond acceptors (Lipinski definition) is 9. The van der Waals surface area contributed by atoms with Gasteiger partial charge >= 0.3 is 18.0 Å². The zero-order chi connectivity index (χ0) is 25.7. The van der Waals surface area contributed by atoms with Gasteiger partial charge in [0.25, 0.3) is 5.91 Å². The molecule has 1 atom stereocenters. The number of imide groups is 1. The fourth-order valence-corrected chi connectivity index (χ4v) is 3.90. The fourth-order valence-electron chi connectivity index (χ4n) is 3.15. The molecule has 0 saturated carbocycles. The minimum Gasteiger partial charge on any atom is -0.490 e. The Morgan fingerprint density at radius 1 is 1.20 bits per heavy atom. The molecule has 3 amide bonds. The van der Waals surface area contributed by atoms with E-state index in [2.05, 4.69) is 10.1 Å². The topological polar surface area (TPSA) is 134 Å². The molecular weight excluding hydrogens is 575 g/mol. The highest BCUT2D eigenvalue weighted by Gasteiger charge is 2.34. The van der Waals surface area contributed by atoms with E-state index in [1.54, 1.807) is 26.0 Å². The van der Waals surface area contributed by atoms with Crippen molar-refractivity contribution in [1.29, 1.82) is 0 Å². The second kappa shape index (κ2) is 11.3. The average molecular weight is 598 g/mol. The van der Waals surface area contributed by atoms with Crippen LogP contribution in [0.25, 0.3) is 6.08 Å². The number of esters is 2. The van der Waals surface area contributed by atoms with E-state index in [9.17, 15) is 19.2 Å². The molecule has 0 unspecified atom stereocenters. The highest BCUT2D eigenvalue weighted by molar-refractivity contribution is 14.1. The van der Waals surface area contributed by atoms with Crippen LogP contribution < -0.4 is 14.8 Å². The Kier molecular flexibility index (Phi) is 8.38. The van der Waals surface area contributed by atoms with Gasteiger partial charge in [-0.3, -0.25) is 9.69 Å². The molecule has 0 spiro atoms. The van der Waals surface area contributed by atoms with Crippen LogP contribution in [0.5, 0.6) is 11.5 Å². The number of benzene rings is 1. The number of nitrogens with one attached hydrogen (secondary N) is 1. The van der Waals surface area contributed by atoms with Crippen LogP contribution in [0, 0.1) is 3.57 Å². The Labute approximate surface area is 214 Å². The van der Waals surface area contributed by atoms with Crippen molar-refractivity contribution in [1.82, 2.24) is 10.2 Å². The summed E-state index contributed by atoms with van der Waals surface area (Å²) in [6.07, 6.45) is 0.642. The van der Waals surface area contributed by atoms with E-state index in [-0.39, 0.29) is 23.8 Å². The predicted molar refractivity (Wildman–Crippen MR) is 130 cm³/mol. The van der Waals surface area contributed by atoms with Gasteiger partial charge in [-0.25, -0.2) is 14.4 Å². The van der Waals surface area contributed by atoms with Crippen molar-refractivity contribution >= 4 is 52.5 Å². The van der Waals surface area contributed by atoms with Crippen molar-refractivity contribution in [3.8, 4) is 11.5 Å². The van der Waals surface area contributed by atoms with Crippen LogP contribution in [0.4, 0.5) is 4.79 Å². The lowest BCUT2D eigenvalue weighted by molar-refractivity contribution is -0.148. The van der Waals surface area contributed by atoms with Crippen LogP contribution in [-0.4, -0.2) is 55.7 Å². The molecule has 186 valence electrons. The van der Waals surface area contributed by atoms with Crippen molar-refractivity contribution in [2.45, 2.75) is 26.5 Å². The number of carbonyl (C=O) groups excluding carboxylic acids is 4. The van der Waals surface area contributed by atoms with E-state index in [0.717, 1.165) is 4.90 Å². The molecule has 35 heavy (non-hydrogen) atoms. The molecule has 1 aromatic carbocycles. The lowest BCUT2D eigenvalue weighted by Crippen LogP contribution is -2.30. The number of ether oxygens (including phenoxy) is 4. The molecule has 0 radical (unpaired) electrons. The summed E-state index contributed by atoms with van der Waals surface area (Å²) < 4.78 is 26.7. The Morgan fingerprint density at radius 3 is 2.60 bits per heavy atom. The van der Waals surface area contributed by atoms with Gasteiger partial charge in [0.1, 0.15) is 11.5 Å². The molecule has 1 aromatic heterocycles. The summed E-state index contributed by atoms with van der Waals surface area (Å²) in [6, 6.07) is 5.60. The van der Waals surface area contributed by atoms with Gasteiger partial charge in [-0.05, 0) is 72.3 Å². The number of halogens is 1. The Balaban J connectivity index is 1.83. The van der Waals surface area contributed by atoms with Crippen molar-refractivity contribution in [3.63, 3.8) is 0 Å². The summed E-state index contributed by atoms with van der Waals surface area (Å²) in [6.45, 7) is 3.52. The second-order valence-corrected chi connectivity index (χ2v) is 8.35. The maximum absolute atomic E-state index is 12.9. The van der Waals surface area contributed by atoms with Crippen LogP contribution in [0.2, 0.25) is 0 Å². The maximum atomic E-state index is 12.9. The van der Waals surface area contributed by atoms with Gasteiger partial charge < -0.3 is 28.7 Å². The van der Waals surface area contributed by atoms with Gasteiger partial charge in [-0.15, -0.1) is 0 Å². The number of rotatable bonds is 9. The van der Waals surface area contributed by atoms with Crippen molar-refractivity contribution in [2.24, 2.45) is 0 Å². The third-order valence-electron chi connectivity index (χ3n) is 4.79. The minimum atomic E-state index is -0.859. The van der Waals surface area contributed by atoms with E-state index < -0.39 is 30.0 Å². The van der Waals surface area contributed by atoms with Gasteiger partial charge in [-0.1, -0.05) is 0 Å². The number of urea groups is 1. The monoisotopic (exact) mass is 598 g/mol. The Bertz CT molecular complexity index is 1190. The second-order valence-electron chi connectivity index (χ2n) is 7.18. The molecule has 1 aliphatic heterocycles. The number of methoxy groups -OCH3 is 2. The van der Waals surface area contributed by atoms with Crippen molar-refractivity contribution < 1.29 is 42.5 Å². The number of furan rings is 1. The first-order valence-corrected chi connectivity index (χ1v) is 11.5. The lowest BCUT2D eigenvalue weighted by Gasteiger charge is -2.18. The van der Waals surface area contributed by atoms with Crippen molar-refractivity contribution in [2.75, 3.05) is 20.8 Å². The molecule has 12 heteroatoms. The highest BCUT2D eigenvalue weighted by Crippen LogP contribution is 2.36. The summed E-state index contributed by atoms with van der Waals surface area (Å²) in [5.41, 5.74) is 0.608. The van der Waals surface area contributed by atoms with Crippen LogP contribution in [0.3, 0.4) is 0 Å². The van der Waals surface area contributed by atoms with E-state index in [1.807, 2.05) is 22.6 Å². The molecule has 1 aliphatic rings. The lowest BCUT2D eigenvalue weighted by atomic mass is 10.1. The van der Waals surface area contributed by atoms with Crippen molar-refractivity contribution in [3.05, 3.63) is 50.6 Å². The van der Waals surface area contributed by atoms with Gasteiger partial charge in [0, 0.05) is 0 Å². The van der Waals surface area contributed by atoms with E-state index in [4.69, 9.17) is 18.6 Å². The van der Waals surface area contributed by atoms with E-state index >= 15 is 0 Å².